The Bertz CT molecular complexity index is 352. The first-order valence-electron chi connectivity index (χ1n) is 6.88. The standard InChI is InChI=1S/C13H23N3OS/c1-3-5-7-9-11(17)14-13-16-15-12(18-13)10-8-6-4-2/h3-10H2,1-2H3,(H,14,16,17). The molecule has 102 valence electrons. The van der Waals surface area contributed by atoms with Crippen molar-refractivity contribution in [3.05, 3.63) is 5.01 Å². The van der Waals surface area contributed by atoms with Crippen molar-refractivity contribution in [1.82, 2.24) is 10.2 Å². The third-order valence-corrected chi connectivity index (χ3v) is 3.61. The molecule has 4 nitrogen and oxygen atoms in total. The van der Waals surface area contributed by atoms with Crippen molar-refractivity contribution >= 4 is 22.4 Å². The molecule has 1 aromatic heterocycles. The zero-order valence-electron chi connectivity index (χ0n) is 11.4. The van der Waals surface area contributed by atoms with Crippen molar-refractivity contribution in [2.75, 3.05) is 5.32 Å². The number of nitrogens with one attached hydrogen (secondary N) is 1. The summed E-state index contributed by atoms with van der Waals surface area (Å²) in [6.45, 7) is 4.31. The maximum atomic E-state index is 11.6. The summed E-state index contributed by atoms with van der Waals surface area (Å²) >= 11 is 1.50. The highest BCUT2D eigenvalue weighted by Gasteiger charge is 2.07. The molecular formula is C13H23N3OS. The van der Waals surface area contributed by atoms with E-state index < -0.39 is 0 Å². The van der Waals surface area contributed by atoms with Crippen LogP contribution in [0.15, 0.2) is 0 Å². The first kappa shape index (κ1) is 15.1. The second-order valence-electron chi connectivity index (χ2n) is 4.46. The minimum Gasteiger partial charge on any atom is -0.301 e. The molecule has 0 bridgehead atoms. The molecule has 0 aliphatic carbocycles. The van der Waals surface area contributed by atoms with Gasteiger partial charge in [0.2, 0.25) is 11.0 Å². The van der Waals surface area contributed by atoms with Gasteiger partial charge in [-0.05, 0) is 12.8 Å². The largest absolute Gasteiger partial charge is 0.301 e. The van der Waals surface area contributed by atoms with Gasteiger partial charge >= 0.3 is 0 Å². The number of carbonyl (C=O) groups is 1. The Morgan fingerprint density at radius 1 is 1.11 bits per heavy atom. The van der Waals surface area contributed by atoms with Crippen molar-refractivity contribution in [3.63, 3.8) is 0 Å². The summed E-state index contributed by atoms with van der Waals surface area (Å²) in [5.74, 6) is 0.0553. The molecule has 5 heteroatoms. The van der Waals surface area contributed by atoms with Gasteiger partial charge in [0.1, 0.15) is 5.01 Å². The normalized spacial score (nSPS) is 10.6. The zero-order valence-corrected chi connectivity index (χ0v) is 12.2. The molecule has 1 heterocycles. The SMILES string of the molecule is CCCCCC(=O)Nc1nnc(CCCCC)s1. The summed E-state index contributed by atoms with van der Waals surface area (Å²) in [5, 5.41) is 12.6. The Labute approximate surface area is 113 Å². The smallest absolute Gasteiger partial charge is 0.226 e. The molecule has 0 unspecified atom stereocenters. The van der Waals surface area contributed by atoms with Crippen LogP contribution in [-0.2, 0) is 11.2 Å². The predicted octanol–water partition coefficient (Wildman–Crippen LogP) is 3.79. The van der Waals surface area contributed by atoms with E-state index in [1.54, 1.807) is 0 Å². The Morgan fingerprint density at radius 3 is 2.56 bits per heavy atom. The second-order valence-corrected chi connectivity index (χ2v) is 5.53. The Morgan fingerprint density at radius 2 is 1.83 bits per heavy atom. The summed E-state index contributed by atoms with van der Waals surface area (Å²) in [6.07, 6.45) is 8.31. The van der Waals surface area contributed by atoms with Crippen LogP contribution < -0.4 is 5.32 Å². The highest BCUT2D eigenvalue weighted by molar-refractivity contribution is 7.15. The number of amides is 1. The predicted molar refractivity (Wildman–Crippen MR) is 75.9 cm³/mol. The van der Waals surface area contributed by atoms with Crippen LogP contribution in [0.1, 0.15) is 63.8 Å². The molecule has 0 radical (unpaired) electrons. The Balaban J connectivity index is 2.27. The third-order valence-electron chi connectivity index (χ3n) is 2.71. The van der Waals surface area contributed by atoms with Gasteiger partial charge in [-0.15, -0.1) is 10.2 Å². The molecule has 18 heavy (non-hydrogen) atoms. The molecular weight excluding hydrogens is 246 g/mol. The van der Waals surface area contributed by atoms with Gasteiger partial charge in [0.15, 0.2) is 0 Å². The van der Waals surface area contributed by atoms with Gasteiger partial charge in [0.05, 0.1) is 0 Å². The number of unbranched alkanes of at least 4 members (excludes halogenated alkanes) is 4. The van der Waals surface area contributed by atoms with Gasteiger partial charge in [0.25, 0.3) is 0 Å². The summed E-state index contributed by atoms with van der Waals surface area (Å²) in [5.41, 5.74) is 0. The fraction of sp³-hybridized carbons (Fsp3) is 0.769. The van der Waals surface area contributed by atoms with Gasteiger partial charge in [-0.2, -0.15) is 0 Å². The van der Waals surface area contributed by atoms with E-state index in [4.69, 9.17) is 0 Å². The van der Waals surface area contributed by atoms with Crippen molar-refractivity contribution in [3.8, 4) is 0 Å². The molecule has 0 spiro atoms. The Hall–Kier alpha value is -0.970. The van der Waals surface area contributed by atoms with E-state index in [9.17, 15) is 4.79 Å². The molecule has 0 atom stereocenters. The third kappa shape index (κ3) is 6.10. The Kier molecular flexibility index (Phi) is 7.57. The number of anilines is 1. The quantitative estimate of drug-likeness (QED) is 0.694. The number of hydrogen-bond acceptors (Lipinski definition) is 4. The maximum Gasteiger partial charge on any atom is 0.226 e. The topological polar surface area (TPSA) is 54.9 Å². The molecule has 1 rings (SSSR count). The van der Waals surface area contributed by atoms with Crippen molar-refractivity contribution in [2.45, 2.75) is 65.2 Å². The average molecular weight is 269 g/mol. The first-order chi connectivity index (χ1) is 8.76. The van der Waals surface area contributed by atoms with E-state index in [0.717, 1.165) is 37.1 Å². The molecule has 1 N–H and O–H groups in total. The van der Waals surface area contributed by atoms with E-state index in [-0.39, 0.29) is 5.91 Å². The van der Waals surface area contributed by atoms with Crippen LogP contribution >= 0.6 is 11.3 Å². The number of carbonyl (C=O) groups excluding carboxylic acids is 1. The minimum absolute atomic E-state index is 0.0553. The minimum atomic E-state index is 0.0553. The fourth-order valence-corrected chi connectivity index (χ4v) is 2.45. The van der Waals surface area contributed by atoms with Crippen LogP contribution in [0.4, 0.5) is 5.13 Å². The fourth-order valence-electron chi connectivity index (χ4n) is 1.65. The van der Waals surface area contributed by atoms with Gasteiger partial charge in [-0.25, -0.2) is 0 Å². The van der Waals surface area contributed by atoms with E-state index in [2.05, 4.69) is 29.4 Å². The molecule has 0 saturated heterocycles. The lowest BCUT2D eigenvalue weighted by molar-refractivity contribution is -0.116. The number of rotatable bonds is 9. The molecule has 0 aliphatic rings. The van der Waals surface area contributed by atoms with Gasteiger partial charge in [-0.3, -0.25) is 4.79 Å². The molecule has 1 aromatic rings. The molecule has 0 aromatic carbocycles. The molecule has 0 aliphatic heterocycles. The van der Waals surface area contributed by atoms with Crippen LogP contribution in [-0.4, -0.2) is 16.1 Å². The van der Waals surface area contributed by atoms with Crippen LogP contribution in [0.25, 0.3) is 0 Å². The average Bonchev–Trinajstić information content (AvgIpc) is 2.77. The summed E-state index contributed by atoms with van der Waals surface area (Å²) < 4.78 is 0. The lowest BCUT2D eigenvalue weighted by Gasteiger charge is -1.99. The van der Waals surface area contributed by atoms with Crippen LogP contribution in [0.2, 0.25) is 0 Å². The maximum absolute atomic E-state index is 11.6. The van der Waals surface area contributed by atoms with E-state index in [0.29, 0.717) is 11.6 Å². The zero-order chi connectivity index (χ0) is 13.2. The van der Waals surface area contributed by atoms with Crippen LogP contribution in [0.5, 0.6) is 0 Å². The lowest BCUT2D eigenvalue weighted by Crippen LogP contribution is -2.10. The second kappa shape index (κ2) is 9.03. The highest BCUT2D eigenvalue weighted by atomic mass is 32.1. The monoisotopic (exact) mass is 269 g/mol. The van der Waals surface area contributed by atoms with Gasteiger partial charge in [0, 0.05) is 12.8 Å². The molecule has 0 fully saturated rings. The van der Waals surface area contributed by atoms with Crippen LogP contribution in [0, 0.1) is 0 Å². The first-order valence-corrected chi connectivity index (χ1v) is 7.70. The van der Waals surface area contributed by atoms with E-state index in [1.165, 1.54) is 24.2 Å². The number of aromatic nitrogens is 2. The van der Waals surface area contributed by atoms with E-state index in [1.807, 2.05) is 0 Å². The van der Waals surface area contributed by atoms with Gasteiger partial charge < -0.3 is 5.32 Å². The number of hydrogen-bond donors (Lipinski definition) is 1. The summed E-state index contributed by atoms with van der Waals surface area (Å²) in [7, 11) is 0. The summed E-state index contributed by atoms with van der Waals surface area (Å²) in [6, 6.07) is 0. The van der Waals surface area contributed by atoms with Gasteiger partial charge in [-0.1, -0.05) is 50.9 Å². The van der Waals surface area contributed by atoms with Crippen molar-refractivity contribution in [2.24, 2.45) is 0 Å². The molecule has 1 amide bonds. The highest BCUT2D eigenvalue weighted by Crippen LogP contribution is 2.17. The van der Waals surface area contributed by atoms with Crippen molar-refractivity contribution in [1.29, 1.82) is 0 Å². The number of nitrogens with zero attached hydrogens (tertiary/aromatic N) is 2. The van der Waals surface area contributed by atoms with Crippen molar-refractivity contribution < 1.29 is 4.79 Å². The number of aryl methyl sites for hydroxylation is 1. The van der Waals surface area contributed by atoms with E-state index >= 15 is 0 Å². The lowest BCUT2D eigenvalue weighted by atomic mass is 10.2. The summed E-state index contributed by atoms with van der Waals surface area (Å²) in [4.78, 5) is 11.6. The molecule has 0 saturated carbocycles. The van der Waals surface area contributed by atoms with Crippen LogP contribution in [0.3, 0.4) is 0 Å².